The maximum Gasteiger partial charge on any atom is 0.147 e. The molecule has 0 atom stereocenters. The van der Waals surface area contributed by atoms with E-state index in [1.165, 1.54) is 6.33 Å². The number of hydrogen-bond donors (Lipinski definition) is 1. The average Bonchev–Trinajstić information content (AvgIpc) is 2.33. The Balaban J connectivity index is 2.30. The van der Waals surface area contributed by atoms with Crippen molar-refractivity contribution in [3.63, 3.8) is 0 Å². The third-order valence-electron chi connectivity index (χ3n) is 2.08. The van der Waals surface area contributed by atoms with Gasteiger partial charge in [-0.1, -0.05) is 18.2 Å². The average molecular weight is 346 g/mol. The molecule has 0 aliphatic rings. The first-order valence-corrected chi connectivity index (χ1v) is 6.29. The van der Waals surface area contributed by atoms with Gasteiger partial charge < -0.3 is 5.32 Å². The van der Waals surface area contributed by atoms with E-state index < -0.39 is 0 Å². The van der Waals surface area contributed by atoms with Crippen LogP contribution in [0.3, 0.4) is 0 Å². The largest absolute Gasteiger partial charge is 0.339 e. The molecule has 82 valence electrons. The van der Waals surface area contributed by atoms with Crippen LogP contribution < -0.4 is 5.32 Å². The summed E-state index contributed by atoms with van der Waals surface area (Å²) in [7, 11) is 0. The number of hydrogen-bond acceptors (Lipinski definition) is 3. The zero-order valence-corrected chi connectivity index (χ0v) is 11.2. The highest BCUT2D eigenvalue weighted by Gasteiger charge is 2.04. The molecule has 5 heteroatoms. The van der Waals surface area contributed by atoms with E-state index in [0.717, 1.165) is 20.6 Å². The first-order chi connectivity index (χ1) is 7.81. The van der Waals surface area contributed by atoms with E-state index in [0.29, 0.717) is 5.88 Å². The van der Waals surface area contributed by atoms with Crippen molar-refractivity contribution < 1.29 is 0 Å². The smallest absolute Gasteiger partial charge is 0.147 e. The Morgan fingerprint density at radius 2 is 2.12 bits per heavy atom. The standard InChI is InChI=1S/C11H9ClIN3/c12-5-8-3-1-2-4-10(8)16-11-9(13)6-14-7-15-11/h1-4,6-7H,5H2,(H,14,15,16). The molecule has 2 aromatic rings. The molecule has 1 N–H and O–H groups in total. The Bertz CT molecular complexity index is 490. The molecule has 16 heavy (non-hydrogen) atoms. The van der Waals surface area contributed by atoms with Crippen molar-refractivity contribution >= 4 is 45.7 Å². The van der Waals surface area contributed by atoms with Crippen molar-refractivity contribution in [2.45, 2.75) is 5.88 Å². The number of para-hydroxylation sites is 1. The van der Waals surface area contributed by atoms with Gasteiger partial charge in [0.05, 0.1) is 3.57 Å². The molecular weight excluding hydrogens is 336 g/mol. The second kappa shape index (κ2) is 5.45. The lowest BCUT2D eigenvalue weighted by Gasteiger charge is -2.10. The minimum absolute atomic E-state index is 0.477. The van der Waals surface area contributed by atoms with E-state index >= 15 is 0 Å². The van der Waals surface area contributed by atoms with E-state index in [2.05, 4.69) is 37.9 Å². The van der Waals surface area contributed by atoms with Crippen LogP contribution in [-0.2, 0) is 5.88 Å². The molecule has 0 aliphatic heterocycles. The topological polar surface area (TPSA) is 37.8 Å². The number of anilines is 2. The monoisotopic (exact) mass is 345 g/mol. The van der Waals surface area contributed by atoms with Gasteiger partial charge in [0.1, 0.15) is 12.1 Å². The normalized spacial score (nSPS) is 10.1. The highest BCUT2D eigenvalue weighted by Crippen LogP contribution is 2.23. The van der Waals surface area contributed by atoms with E-state index in [1.807, 2.05) is 24.3 Å². The number of halogens is 2. The number of nitrogens with one attached hydrogen (secondary N) is 1. The van der Waals surface area contributed by atoms with Crippen LogP contribution >= 0.6 is 34.2 Å². The number of nitrogens with zero attached hydrogens (tertiary/aromatic N) is 2. The molecule has 0 saturated carbocycles. The fraction of sp³-hybridized carbons (Fsp3) is 0.0909. The molecule has 0 saturated heterocycles. The predicted molar refractivity (Wildman–Crippen MR) is 74.0 cm³/mol. The molecule has 0 fully saturated rings. The summed E-state index contributed by atoms with van der Waals surface area (Å²) >= 11 is 8.05. The van der Waals surface area contributed by atoms with Crippen LogP contribution in [0.4, 0.5) is 11.5 Å². The maximum atomic E-state index is 5.86. The summed E-state index contributed by atoms with van der Waals surface area (Å²) < 4.78 is 0.976. The van der Waals surface area contributed by atoms with Gasteiger partial charge in [-0.25, -0.2) is 9.97 Å². The van der Waals surface area contributed by atoms with E-state index in [9.17, 15) is 0 Å². The van der Waals surface area contributed by atoms with Crippen molar-refractivity contribution in [2.24, 2.45) is 0 Å². The van der Waals surface area contributed by atoms with Gasteiger partial charge in [0.2, 0.25) is 0 Å². The zero-order valence-electron chi connectivity index (χ0n) is 8.32. The third-order valence-corrected chi connectivity index (χ3v) is 3.16. The molecule has 0 spiro atoms. The van der Waals surface area contributed by atoms with Crippen LogP contribution in [0.15, 0.2) is 36.8 Å². The summed E-state index contributed by atoms with van der Waals surface area (Å²) in [5.41, 5.74) is 2.03. The number of alkyl halides is 1. The number of aromatic nitrogens is 2. The highest BCUT2D eigenvalue weighted by atomic mass is 127. The number of benzene rings is 1. The summed E-state index contributed by atoms with van der Waals surface area (Å²) in [5.74, 6) is 1.28. The van der Waals surface area contributed by atoms with Gasteiger partial charge in [-0.2, -0.15) is 0 Å². The highest BCUT2D eigenvalue weighted by molar-refractivity contribution is 14.1. The summed E-state index contributed by atoms with van der Waals surface area (Å²) in [6.45, 7) is 0. The van der Waals surface area contributed by atoms with Gasteiger partial charge in [0, 0.05) is 17.8 Å². The van der Waals surface area contributed by atoms with Crippen LogP contribution in [0, 0.1) is 3.57 Å². The van der Waals surface area contributed by atoms with Crippen LogP contribution in [0.5, 0.6) is 0 Å². The predicted octanol–water partition coefficient (Wildman–Crippen LogP) is 3.56. The molecule has 0 radical (unpaired) electrons. The minimum Gasteiger partial charge on any atom is -0.339 e. The quantitative estimate of drug-likeness (QED) is 0.683. The lowest BCUT2D eigenvalue weighted by molar-refractivity contribution is 1.15. The molecule has 1 aromatic carbocycles. The lowest BCUT2D eigenvalue weighted by atomic mass is 10.2. The van der Waals surface area contributed by atoms with Crippen molar-refractivity contribution in [1.29, 1.82) is 0 Å². The van der Waals surface area contributed by atoms with Crippen molar-refractivity contribution in [3.8, 4) is 0 Å². The molecule has 0 bridgehead atoms. The third kappa shape index (κ3) is 2.62. The molecule has 1 aromatic heterocycles. The first kappa shape index (κ1) is 11.6. The summed E-state index contributed by atoms with van der Waals surface area (Å²) in [6.07, 6.45) is 3.28. The maximum absolute atomic E-state index is 5.86. The Hall–Kier alpha value is -0.880. The van der Waals surface area contributed by atoms with Crippen LogP contribution in [0.1, 0.15) is 5.56 Å². The SMILES string of the molecule is ClCc1ccccc1Nc1ncncc1I. The fourth-order valence-electron chi connectivity index (χ4n) is 1.29. The molecule has 3 nitrogen and oxygen atoms in total. The van der Waals surface area contributed by atoms with Crippen molar-refractivity contribution in [3.05, 3.63) is 45.9 Å². The fourth-order valence-corrected chi connectivity index (χ4v) is 1.96. The molecule has 0 amide bonds. The van der Waals surface area contributed by atoms with E-state index in [1.54, 1.807) is 6.20 Å². The second-order valence-electron chi connectivity index (χ2n) is 3.14. The Labute approximate surface area is 112 Å². The summed E-state index contributed by atoms with van der Waals surface area (Å²) in [6, 6.07) is 7.90. The molecule has 0 aliphatic carbocycles. The van der Waals surface area contributed by atoms with Gasteiger partial charge in [-0.05, 0) is 34.2 Å². The first-order valence-electron chi connectivity index (χ1n) is 4.67. The minimum atomic E-state index is 0.477. The molecule has 1 heterocycles. The summed E-state index contributed by atoms with van der Waals surface area (Å²) in [4.78, 5) is 8.12. The number of rotatable bonds is 3. The van der Waals surface area contributed by atoms with Gasteiger partial charge in [-0.3, -0.25) is 0 Å². The van der Waals surface area contributed by atoms with E-state index in [-0.39, 0.29) is 0 Å². The Morgan fingerprint density at radius 1 is 1.31 bits per heavy atom. The Kier molecular flexibility index (Phi) is 3.95. The zero-order chi connectivity index (χ0) is 11.4. The van der Waals surface area contributed by atoms with Crippen LogP contribution in [0.2, 0.25) is 0 Å². The van der Waals surface area contributed by atoms with Crippen molar-refractivity contribution in [2.75, 3.05) is 5.32 Å². The van der Waals surface area contributed by atoms with Gasteiger partial charge >= 0.3 is 0 Å². The van der Waals surface area contributed by atoms with Gasteiger partial charge in [0.15, 0.2) is 0 Å². The van der Waals surface area contributed by atoms with Crippen LogP contribution in [0.25, 0.3) is 0 Å². The molecule has 0 unspecified atom stereocenters. The lowest BCUT2D eigenvalue weighted by Crippen LogP contribution is -1.99. The molecular formula is C11H9ClIN3. The molecule has 2 rings (SSSR count). The van der Waals surface area contributed by atoms with Crippen LogP contribution in [-0.4, -0.2) is 9.97 Å². The van der Waals surface area contributed by atoms with E-state index in [4.69, 9.17) is 11.6 Å². The van der Waals surface area contributed by atoms with Crippen molar-refractivity contribution in [1.82, 2.24) is 9.97 Å². The second-order valence-corrected chi connectivity index (χ2v) is 4.56. The van der Waals surface area contributed by atoms with Gasteiger partial charge in [0.25, 0.3) is 0 Å². The van der Waals surface area contributed by atoms with Gasteiger partial charge in [-0.15, -0.1) is 11.6 Å². The summed E-state index contributed by atoms with van der Waals surface area (Å²) in [5, 5.41) is 3.25. The Morgan fingerprint density at radius 3 is 2.88 bits per heavy atom.